The van der Waals surface area contributed by atoms with Gasteiger partial charge < -0.3 is 11.1 Å². The van der Waals surface area contributed by atoms with Gasteiger partial charge in [0.25, 0.3) is 0 Å². The Hall–Kier alpha value is -2.14. The van der Waals surface area contributed by atoms with Crippen LogP contribution in [-0.2, 0) is 6.54 Å². The third kappa shape index (κ3) is 2.58. The van der Waals surface area contributed by atoms with Crippen LogP contribution in [0.3, 0.4) is 0 Å². The predicted molar refractivity (Wildman–Crippen MR) is 85.1 cm³/mol. The molecule has 1 aromatic carbocycles. The van der Waals surface area contributed by atoms with Crippen LogP contribution in [0.15, 0.2) is 30.5 Å². The van der Waals surface area contributed by atoms with Crippen molar-refractivity contribution in [2.24, 2.45) is 0 Å². The monoisotopic (exact) mass is 284 g/mol. The van der Waals surface area contributed by atoms with Gasteiger partial charge >= 0.3 is 0 Å². The maximum atomic E-state index is 5.88. The Morgan fingerprint density at radius 3 is 2.85 bits per heavy atom. The second kappa shape index (κ2) is 5.09. The van der Waals surface area contributed by atoms with Crippen molar-refractivity contribution in [1.29, 1.82) is 0 Å². The number of hydrogen-bond donors (Lipinski definition) is 2. The molecule has 20 heavy (non-hydrogen) atoms. The van der Waals surface area contributed by atoms with E-state index in [1.807, 2.05) is 38.2 Å². The van der Waals surface area contributed by atoms with E-state index in [-0.39, 0.29) is 0 Å². The van der Waals surface area contributed by atoms with Gasteiger partial charge in [-0.25, -0.2) is 4.98 Å². The van der Waals surface area contributed by atoms with Crippen LogP contribution in [0.4, 0.5) is 11.4 Å². The number of nitrogens with zero attached hydrogens (tertiary/aromatic N) is 2. The van der Waals surface area contributed by atoms with E-state index in [0.29, 0.717) is 0 Å². The lowest BCUT2D eigenvalue weighted by Crippen LogP contribution is -2.00. The Morgan fingerprint density at radius 2 is 2.10 bits per heavy atom. The Bertz CT molecular complexity index is 764. The average molecular weight is 284 g/mol. The lowest BCUT2D eigenvalue weighted by Gasteiger charge is -2.10. The van der Waals surface area contributed by atoms with Crippen molar-refractivity contribution >= 4 is 33.6 Å². The van der Waals surface area contributed by atoms with Crippen molar-refractivity contribution in [2.75, 3.05) is 11.1 Å². The molecule has 0 amide bonds. The maximum absolute atomic E-state index is 5.88. The van der Waals surface area contributed by atoms with Crippen molar-refractivity contribution in [3.63, 3.8) is 0 Å². The summed E-state index contributed by atoms with van der Waals surface area (Å²) in [5.41, 5.74) is 9.64. The molecule has 5 heteroatoms. The first-order valence-corrected chi connectivity index (χ1v) is 7.25. The summed E-state index contributed by atoms with van der Waals surface area (Å²) in [5, 5.41) is 5.60. The SMILES string of the molecule is Cc1cc(NCc2cnc(C)s2)c2cc(N)ccc2n1. The summed E-state index contributed by atoms with van der Waals surface area (Å²) < 4.78 is 0. The quantitative estimate of drug-likeness (QED) is 0.722. The van der Waals surface area contributed by atoms with Crippen molar-refractivity contribution in [3.05, 3.63) is 46.0 Å². The number of aryl methyl sites for hydroxylation is 2. The molecular formula is C15H16N4S. The summed E-state index contributed by atoms with van der Waals surface area (Å²) in [4.78, 5) is 10.0. The van der Waals surface area contributed by atoms with Crippen molar-refractivity contribution in [3.8, 4) is 0 Å². The molecule has 3 aromatic rings. The van der Waals surface area contributed by atoms with E-state index in [1.54, 1.807) is 11.3 Å². The van der Waals surface area contributed by atoms with Gasteiger partial charge in [-0.15, -0.1) is 11.3 Å². The van der Waals surface area contributed by atoms with Crippen molar-refractivity contribution < 1.29 is 0 Å². The predicted octanol–water partition coefficient (Wildman–Crippen LogP) is 3.50. The van der Waals surface area contributed by atoms with Gasteiger partial charge in [0.15, 0.2) is 0 Å². The van der Waals surface area contributed by atoms with Gasteiger partial charge in [-0.1, -0.05) is 0 Å². The minimum atomic E-state index is 0.750. The van der Waals surface area contributed by atoms with E-state index in [0.717, 1.165) is 39.5 Å². The fraction of sp³-hybridized carbons (Fsp3) is 0.200. The van der Waals surface area contributed by atoms with Crippen LogP contribution < -0.4 is 11.1 Å². The molecule has 0 atom stereocenters. The molecule has 0 saturated heterocycles. The van der Waals surface area contributed by atoms with E-state index in [4.69, 9.17) is 5.73 Å². The van der Waals surface area contributed by atoms with Gasteiger partial charge in [0.2, 0.25) is 0 Å². The second-order valence-corrected chi connectivity index (χ2v) is 6.11. The highest BCUT2D eigenvalue weighted by molar-refractivity contribution is 7.11. The van der Waals surface area contributed by atoms with E-state index < -0.39 is 0 Å². The molecule has 0 radical (unpaired) electrons. The first kappa shape index (κ1) is 12.9. The van der Waals surface area contributed by atoms with Crippen LogP contribution in [0.2, 0.25) is 0 Å². The fourth-order valence-electron chi connectivity index (χ4n) is 2.19. The number of fused-ring (bicyclic) bond motifs is 1. The third-order valence-electron chi connectivity index (χ3n) is 3.08. The highest BCUT2D eigenvalue weighted by atomic mass is 32.1. The fourth-order valence-corrected chi connectivity index (χ4v) is 2.93. The topological polar surface area (TPSA) is 63.8 Å². The second-order valence-electron chi connectivity index (χ2n) is 4.79. The zero-order valence-corrected chi connectivity index (χ0v) is 12.3. The Labute approximate surface area is 121 Å². The number of aromatic nitrogens is 2. The van der Waals surface area contributed by atoms with Crippen LogP contribution in [-0.4, -0.2) is 9.97 Å². The highest BCUT2D eigenvalue weighted by Crippen LogP contribution is 2.26. The molecule has 0 aliphatic carbocycles. The summed E-state index contributed by atoms with van der Waals surface area (Å²) in [5.74, 6) is 0. The molecule has 0 aliphatic rings. The number of nitrogen functional groups attached to an aromatic ring is 1. The van der Waals surface area contributed by atoms with E-state index in [1.165, 1.54) is 4.88 Å². The smallest absolute Gasteiger partial charge is 0.0897 e. The summed E-state index contributed by atoms with van der Waals surface area (Å²) in [7, 11) is 0. The number of rotatable bonds is 3. The van der Waals surface area contributed by atoms with Crippen molar-refractivity contribution in [2.45, 2.75) is 20.4 Å². The van der Waals surface area contributed by atoms with Crippen LogP contribution >= 0.6 is 11.3 Å². The first-order valence-electron chi connectivity index (χ1n) is 6.44. The third-order valence-corrected chi connectivity index (χ3v) is 4.00. The standard InChI is InChI=1S/C15H16N4S/c1-9-5-15(18-8-12-7-17-10(2)20-12)13-6-11(16)3-4-14(13)19-9/h3-7H,8,16H2,1-2H3,(H,18,19). The highest BCUT2D eigenvalue weighted by Gasteiger charge is 2.05. The molecule has 0 unspecified atom stereocenters. The Morgan fingerprint density at radius 1 is 1.25 bits per heavy atom. The first-order chi connectivity index (χ1) is 9.61. The van der Waals surface area contributed by atoms with Gasteiger partial charge in [-0.3, -0.25) is 4.98 Å². The minimum absolute atomic E-state index is 0.750. The van der Waals surface area contributed by atoms with E-state index >= 15 is 0 Å². The molecule has 102 valence electrons. The van der Waals surface area contributed by atoms with E-state index in [9.17, 15) is 0 Å². The Kier molecular flexibility index (Phi) is 3.28. The minimum Gasteiger partial charge on any atom is -0.399 e. The molecule has 3 N–H and O–H groups in total. The van der Waals surface area contributed by atoms with Gasteiger partial charge in [-0.05, 0) is 38.1 Å². The number of benzene rings is 1. The molecule has 0 aliphatic heterocycles. The van der Waals surface area contributed by atoms with Gasteiger partial charge in [0.05, 0.1) is 17.1 Å². The number of hydrogen-bond acceptors (Lipinski definition) is 5. The van der Waals surface area contributed by atoms with Crippen molar-refractivity contribution in [1.82, 2.24) is 9.97 Å². The van der Waals surface area contributed by atoms with Crippen LogP contribution in [0, 0.1) is 13.8 Å². The maximum Gasteiger partial charge on any atom is 0.0897 e. The molecule has 4 nitrogen and oxygen atoms in total. The number of nitrogens with two attached hydrogens (primary N) is 1. The lowest BCUT2D eigenvalue weighted by atomic mass is 10.1. The number of thiazole rings is 1. The molecule has 0 saturated carbocycles. The van der Waals surface area contributed by atoms with Crippen LogP contribution in [0.25, 0.3) is 10.9 Å². The summed E-state index contributed by atoms with van der Waals surface area (Å²) in [6, 6.07) is 7.85. The zero-order valence-electron chi connectivity index (χ0n) is 11.5. The van der Waals surface area contributed by atoms with Gasteiger partial charge in [0.1, 0.15) is 0 Å². The van der Waals surface area contributed by atoms with Gasteiger partial charge in [-0.2, -0.15) is 0 Å². The number of pyridine rings is 1. The molecular weight excluding hydrogens is 268 g/mol. The summed E-state index contributed by atoms with van der Waals surface area (Å²) in [6.45, 7) is 4.78. The largest absolute Gasteiger partial charge is 0.399 e. The molecule has 2 heterocycles. The molecule has 0 fully saturated rings. The summed E-state index contributed by atoms with van der Waals surface area (Å²) >= 11 is 1.71. The molecule has 0 bridgehead atoms. The van der Waals surface area contributed by atoms with Crippen LogP contribution in [0.1, 0.15) is 15.6 Å². The average Bonchev–Trinajstić information content (AvgIpc) is 2.82. The molecule has 0 spiro atoms. The molecule has 3 rings (SSSR count). The summed E-state index contributed by atoms with van der Waals surface area (Å²) in [6.07, 6.45) is 1.91. The normalized spacial score (nSPS) is 10.9. The van der Waals surface area contributed by atoms with Gasteiger partial charge in [0, 0.05) is 33.5 Å². The Balaban J connectivity index is 1.95. The van der Waals surface area contributed by atoms with Crippen LogP contribution in [0.5, 0.6) is 0 Å². The lowest BCUT2D eigenvalue weighted by molar-refractivity contribution is 1.16. The molecule has 2 aromatic heterocycles. The van der Waals surface area contributed by atoms with E-state index in [2.05, 4.69) is 21.4 Å². The number of anilines is 2. The number of nitrogens with one attached hydrogen (secondary N) is 1. The zero-order chi connectivity index (χ0) is 14.1.